The number of benzene rings is 2. The van der Waals surface area contributed by atoms with Gasteiger partial charge in [-0.2, -0.15) is 0 Å². The minimum Gasteiger partial charge on any atom is -0.508 e. The number of ether oxygens (including phenoxy) is 1. The van der Waals surface area contributed by atoms with Crippen molar-refractivity contribution in [2.24, 2.45) is 0 Å². The number of phenolic OH excluding ortho intramolecular Hbond substituents is 1. The van der Waals surface area contributed by atoms with Crippen LogP contribution in [0, 0.1) is 0 Å². The van der Waals surface area contributed by atoms with E-state index < -0.39 is 0 Å². The van der Waals surface area contributed by atoms with Gasteiger partial charge in [-0.25, -0.2) is 9.78 Å². The largest absolute Gasteiger partial charge is 0.508 e. The molecule has 0 aliphatic carbocycles. The molecule has 0 saturated heterocycles. The van der Waals surface area contributed by atoms with E-state index >= 15 is 0 Å². The number of aromatic hydroxyl groups is 1. The normalized spacial score (nSPS) is 10.4. The predicted octanol–water partition coefficient (Wildman–Crippen LogP) is 3.50. The number of phenols is 1. The summed E-state index contributed by atoms with van der Waals surface area (Å²) in [6.07, 6.45) is 1.55. The fourth-order valence-electron chi connectivity index (χ4n) is 2.04. The van der Waals surface area contributed by atoms with E-state index in [1.165, 1.54) is 7.11 Å². The highest BCUT2D eigenvalue weighted by Gasteiger charge is 2.10. The van der Waals surface area contributed by atoms with E-state index in [1.54, 1.807) is 54.8 Å². The van der Waals surface area contributed by atoms with Crippen molar-refractivity contribution in [1.29, 1.82) is 0 Å². The Balaban J connectivity index is 1.87. The molecule has 0 unspecified atom stereocenters. The molecule has 0 bridgehead atoms. The van der Waals surface area contributed by atoms with Crippen LogP contribution in [0.4, 0.5) is 0 Å². The Morgan fingerprint density at radius 2 is 1.68 bits per heavy atom. The van der Waals surface area contributed by atoms with Crippen LogP contribution in [0.15, 0.2) is 59.2 Å². The summed E-state index contributed by atoms with van der Waals surface area (Å²) in [6, 6.07) is 13.5. The zero-order chi connectivity index (χ0) is 15.5. The van der Waals surface area contributed by atoms with Gasteiger partial charge in [0.2, 0.25) is 5.89 Å². The number of oxazole rings is 1. The number of hydrogen-bond donors (Lipinski definition) is 1. The van der Waals surface area contributed by atoms with Gasteiger partial charge >= 0.3 is 5.97 Å². The van der Waals surface area contributed by atoms with Crippen LogP contribution in [-0.4, -0.2) is 23.2 Å². The van der Waals surface area contributed by atoms with Gasteiger partial charge in [-0.15, -0.1) is 0 Å². The van der Waals surface area contributed by atoms with Gasteiger partial charge < -0.3 is 14.3 Å². The molecule has 110 valence electrons. The lowest BCUT2D eigenvalue weighted by Gasteiger charge is -2.00. The molecule has 0 radical (unpaired) electrons. The van der Waals surface area contributed by atoms with Gasteiger partial charge in [0, 0.05) is 11.1 Å². The van der Waals surface area contributed by atoms with E-state index in [-0.39, 0.29) is 11.7 Å². The molecule has 2 aromatic carbocycles. The Labute approximate surface area is 126 Å². The van der Waals surface area contributed by atoms with E-state index in [9.17, 15) is 9.90 Å². The topological polar surface area (TPSA) is 72.6 Å². The third-order valence-electron chi connectivity index (χ3n) is 3.22. The number of esters is 1. The summed E-state index contributed by atoms with van der Waals surface area (Å²) in [4.78, 5) is 15.8. The maximum Gasteiger partial charge on any atom is 0.337 e. The van der Waals surface area contributed by atoms with Crippen LogP contribution in [-0.2, 0) is 4.74 Å². The molecule has 22 heavy (non-hydrogen) atoms. The van der Waals surface area contributed by atoms with Crippen molar-refractivity contribution in [2.75, 3.05) is 7.11 Å². The molecule has 3 aromatic rings. The average molecular weight is 295 g/mol. The van der Waals surface area contributed by atoms with Crippen molar-refractivity contribution in [2.45, 2.75) is 0 Å². The highest BCUT2D eigenvalue weighted by atomic mass is 16.5. The number of nitrogens with zero attached hydrogens (tertiary/aromatic N) is 1. The van der Waals surface area contributed by atoms with Gasteiger partial charge in [-0.1, -0.05) is 12.1 Å². The number of rotatable bonds is 3. The van der Waals surface area contributed by atoms with Crippen LogP contribution in [0.25, 0.3) is 22.7 Å². The summed E-state index contributed by atoms with van der Waals surface area (Å²) in [5, 5.41) is 9.29. The van der Waals surface area contributed by atoms with Crippen LogP contribution in [0.2, 0.25) is 0 Å². The van der Waals surface area contributed by atoms with Crippen molar-refractivity contribution < 1.29 is 19.1 Å². The summed E-state index contributed by atoms with van der Waals surface area (Å²) in [7, 11) is 1.35. The van der Waals surface area contributed by atoms with Crippen LogP contribution in [0.3, 0.4) is 0 Å². The average Bonchev–Trinajstić information content (AvgIpc) is 3.05. The molecule has 5 nitrogen and oxygen atoms in total. The van der Waals surface area contributed by atoms with Crippen molar-refractivity contribution in [1.82, 2.24) is 4.98 Å². The van der Waals surface area contributed by atoms with Crippen molar-refractivity contribution in [3.05, 3.63) is 60.4 Å². The first-order valence-electron chi connectivity index (χ1n) is 6.61. The molecule has 1 N–H and O–H groups in total. The van der Waals surface area contributed by atoms with E-state index in [2.05, 4.69) is 9.72 Å². The lowest BCUT2D eigenvalue weighted by Crippen LogP contribution is -2.00. The van der Waals surface area contributed by atoms with E-state index in [0.717, 1.165) is 11.1 Å². The van der Waals surface area contributed by atoms with E-state index in [1.807, 2.05) is 0 Å². The van der Waals surface area contributed by atoms with Crippen LogP contribution in [0.5, 0.6) is 5.75 Å². The number of carbonyl (C=O) groups is 1. The second kappa shape index (κ2) is 5.73. The Morgan fingerprint density at radius 3 is 2.32 bits per heavy atom. The molecule has 0 aliphatic rings. The fraction of sp³-hybridized carbons (Fsp3) is 0.0588. The molecule has 3 rings (SSSR count). The van der Waals surface area contributed by atoms with Gasteiger partial charge in [0.1, 0.15) is 17.7 Å². The second-order valence-corrected chi connectivity index (χ2v) is 4.65. The fourth-order valence-corrected chi connectivity index (χ4v) is 2.04. The molecular weight excluding hydrogens is 282 g/mol. The first-order valence-corrected chi connectivity index (χ1v) is 6.61. The van der Waals surface area contributed by atoms with Crippen molar-refractivity contribution in [3.8, 4) is 28.5 Å². The zero-order valence-corrected chi connectivity index (χ0v) is 11.8. The number of carbonyl (C=O) groups excluding carboxylic acids is 1. The summed E-state index contributed by atoms with van der Waals surface area (Å²) in [5.41, 5.74) is 2.75. The van der Waals surface area contributed by atoms with Gasteiger partial charge in [0.25, 0.3) is 0 Å². The van der Waals surface area contributed by atoms with Crippen molar-refractivity contribution in [3.63, 3.8) is 0 Å². The second-order valence-electron chi connectivity index (χ2n) is 4.65. The summed E-state index contributed by atoms with van der Waals surface area (Å²) in [5.74, 6) is 0.275. The lowest BCUT2D eigenvalue weighted by atomic mass is 10.1. The third-order valence-corrected chi connectivity index (χ3v) is 3.22. The first kappa shape index (κ1) is 13.9. The maximum atomic E-state index is 11.4. The van der Waals surface area contributed by atoms with E-state index in [4.69, 9.17) is 4.42 Å². The SMILES string of the molecule is COC(=O)c1ccc(-c2coc(-c3ccc(O)cc3)n2)cc1. The molecule has 0 spiro atoms. The standard InChI is InChI=1S/C17H13NO4/c1-21-17(20)13-4-2-11(3-5-13)15-10-22-16(18-15)12-6-8-14(19)9-7-12/h2-10,19H,1H3. The van der Waals surface area contributed by atoms with E-state index in [0.29, 0.717) is 17.1 Å². The number of hydrogen-bond acceptors (Lipinski definition) is 5. The minimum absolute atomic E-state index is 0.189. The quantitative estimate of drug-likeness (QED) is 0.749. The summed E-state index contributed by atoms with van der Waals surface area (Å²) < 4.78 is 10.1. The smallest absolute Gasteiger partial charge is 0.337 e. The highest BCUT2D eigenvalue weighted by Crippen LogP contribution is 2.26. The Hall–Kier alpha value is -3.08. The summed E-state index contributed by atoms with van der Waals surface area (Å²) in [6.45, 7) is 0. The Kier molecular flexibility index (Phi) is 3.62. The maximum absolute atomic E-state index is 11.4. The number of aromatic nitrogens is 1. The monoisotopic (exact) mass is 295 g/mol. The van der Waals surface area contributed by atoms with Crippen LogP contribution in [0.1, 0.15) is 10.4 Å². The molecule has 0 atom stereocenters. The van der Waals surface area contributed by atoms with Crippen molar-refractivity contribution >= 4 is 5.97 Å². The molecule has 1 aromatic heterocycles. The van der Waals surface area contributed by atoms with Gasteiger partial charge in [0.05, 0.1) is 12.7 Å². The first-order chi connectivity index (χ1) is 10.7. The molecule has 0 fully saturated rings. The van der Waals surface area contributed by atoms with Crippen LogP contribution >= 0.6 is 0 Å². The Morgan fingerprint density at radius 1 is 1.05 bits per heavy atom. The molecule has 1 heterocycles. The lowest BCUT2D eigenvalue weighted by molar-refractivity contribution is 0.0601. The molecule has 0 amide bonds. The molecule has 5 heteroatoms. The molecule has 0 saturated carbocycles. The number of methoxy groups -OCH3 is 1. The predicted molar refractivity (Wildman–Crippen MR) is 80.4 cm³/mol. The van der Waals surface area contributed by atoms with Crippen LogP contribution < -0.4 is 0 Å². The van der Waals surface area contributed by atoms with Gasteiger partial charge in [-0.3, -0.25) is 0 Å². The zero-order valence-electron chi connectivity index (χ0n) is 11.8. The molecular formula is C17H13NO4. The Bertz CT molecular complexity index is 788. The van der Waals surface area contributed by atoms with Gasteiger partial charge in [-0.05, 0) is 36.4 Å². The summed E-state index contributed by atoms with van der Waals surface area (Å²) >= 11 is 0. The van der Waals surface area contributed by atoms with Gasteiger partial charge in [0.15, 0.2) is 0 Å². The third kappa shape index (κ3) is 2.69. The minimum atomic E-state index is -0.378. The molecule has 0 aliphatic heterocycles. The highest BCUT2D eigenvalue weighted by molar-refractivity contribution is 5.89.